The van der Waals surface area contributed by atoms with Crippen molar-refractivity contribution in [2.24, 2.45) is 0 Å². The van der Waals surface area contributed by atoms with Gasteiger partial charge in [-0.05, 0) is 34.9 Å². The smallest absolute Gasteiger partial charge is 0.0716 e. The van der Waals surface area contributed by atoms with E-state index in [-0.39, 0.29) is 0 Å². The van der Waals surface area contributed by atoms with Crippen molar-refractivity contribution in [2.75, 3.05) is 7.11 Å². The number of benzene rings is 2. The average Bonchev–Trinajstić information content (AvgIpc) is 2.45. The maximum Gasteiger partial charge on any atom is 0.0716 e. The predicted molar refractivity (Wildman–Crippen MR) is 84.2 cm³/mol. The highest BCUT2D eigenvalue weighted by Gasteiger charge is 2.03. The summed E-state index contributed by atoms with van der Waals surface area (Å²) < 4.78 is 5.20. The number of halogens is 2. The van der Waals surface area contributed by atoms with Crippen LogP contribution in [0.25, 0.3) is 0 Å². The SMILES string of the molecule is COCc1ccccc1CNCc1cc(Cl)ccc1Cl. The second-order valence-electron chi connectivity index (χ2n) is 4.54. The van der Waals surface area contributed by atoms with Crippen molar-refractivity contribution in [2.45, 2.75) is 19.7 Å². The molecule has 20 heavy (non-hydrogen) atoms. The Morgan fingerprint density at radius 1 is 0.950 bits per heavy atom. The molecule has 106 valence electrons. The molecule has 0 saturated carbocycles. The predicted octanol–water partition coefficient (Wildman–Crippen LogP) is 4.43. The van der Waals surface area contributed by atoms with Crippen LogP contribution in [0.2, 0.25) is 10.0 Å². The van der Waals surface area contributed by atoms with E-state index in [2.05, 4.69) is 17.4 Å². The van der Waals surface area contributed by atoms with Gasteiger partial charge in [-0.25, -0.2) is 0 Å². The summed E-state index contributed by atoms with van der Waals surface area (Å²) in [6.45, 7) is 2.07. The Hall–Kier alpha value is -1.06. The zero-order valence-corrected chi connectivity index (χ0v) is 12.8. The van der Waals surface area contributed by atoms with Gasteiger partial charge in [0, 0.05) is 30.2 Å². The fourth-order valence-corrected chi connectivity index (χ4v) is 2.42. The van der Waals surface area contributed by atoms with E-state index in [4.69, 9.17) is 27.9 Å². The Bertz CT molecular complexity index is 572. The van der Waals surface area contributed by atoms with Crippen LogP contribution in [0.3, 0.4) is 0 Å². The molecule has 0 spiro atoms. The standard InChI is InChI=1S/C16H17Cl2NO/c1-20-11-13-5-3-2-4-12(13)9-19-10-14-8-15(17)6-7-16(14)18/h2-8,19H,9-11H2,1H3. The third-order valence-corrected chi connectivity index (χ3v) is 3.66. The average molecular weight is 310 g/mol. The van der Waals surface area contributed by atoms with Gasteiger partial charge in [-0.1, -0.05) is 47.5 Å². The van der Waals surface area contributed by atoms with Crippen LogP contribution in [0.4, 0.5) is 0 Å². The Labute approximate surface area is 129 Å². The molecule has 2 aromatic carbocycles. The molecule has 0 bridgehead atoms. The van der Waals surface area contributed by atoms with Crippen molar-refractivity contribution >= 4 is 23.2 Å². The van der Waals surface area contributed by atoms with Crippen LogP contribution in [0.15, 0.2) is 42.5 Å². The molecule has 0 saturated heterocycles. The fraction of sp³-hybridized carbons (Fsp3) is 0.250. The molecule has 2 aromatic rings. The van der Waals surface area contributed by atoms with Gasteiger partial charge in [0.2, 0.25) is 0 Å². The maximum atomic E-state index is 6.14. The first-order valence-electron chi connectivity index (χ1n) is 6.41. The first-order valence-corrected chi connectivity index (χ1v) is 7.16. The molecule has 0 fully saturated rings. The van der Waals surface area contributed by atoms with Crippen LogP contribution < -0.4 is 5.32 Å². The molecular formula is C16H17Cl2NO. The van der Waals surface area contributed by atoms with Gasteiger partial charge in [0.1, 0.15) is 0 Å². The van der Waals surface area contributed by atoms with E-state index >= 15 is 0 Å². The van der Waals surface area contributed by atoms with Crippen LogP contribution in [0, 0.1) is 0 Å². The summed E-state index contributed by atoms with van der Waals surface area (Å²) in [5.41, 5.74) is 3.43. The molecule has 2 nitrogen and oxygen atoms in total. The van der Waals surface area contributed by atoms with Crippen LogP contribution in [-0.2, 0) is 24.4 Å². The van der Waals surface area contributed by atoms with Crippen LogP contribution in [0.5, 0.6) is 0 Å². The van der Waals surface area contributed by atoms with Crippen molar-refractivity contribution in [1.82, 2.24) is 5.32 Å². The monoisotopic (exact) mass is 309 g/mol. The molecule has 0 aromatic heterocycles. The second kappa shape index (κ2) is 7.65. The lowest BCUT2D eigenvalue weighted by molar-refractivity contribution is 0.184. The van der Waals surface area contributed by atoms with Crippen molar-refractivity contribution in [3.63, 3.8) is 0 Å². The van der Waals surface area contributed by atoms with E-state index < -0.39 is 0 Å². The molecule has 4 heteroatoms. The van der Waals surface area contributed by atoms with Crippen LogP contribution >= 0.6 is 23.2 Å². The van der Waals surface area contributed by atoms with Gasteiger partial charge in [-0.3, -0.25) is 0 Å². The Balaban J connectivity index is 1.97. The molecule has 1 N–H and O–H groups in total. The van der Waals surface area contributed by atoms with E-state index in [0.717, 1.165) is 17.1 Å². The molecule has 0 unspecified atom stereocenters. The molecule has 0 atom stereocenters. The van der Waals surface area contributed by atoms with Gasteiger partial charge in [0.25, 0.3) is 0 Å². The quantitative estimate of drug-likeness (QED) is 0.852. The normalized spacial score (nSPS) is 10.8. The molecule has 0 heterocycles. The topological polar surface area (TPSA) is 21.3 Å². The van der Waals surface area contributed by atoms with Crippen molar-refractivity contribution in [3.05, 3.63) is 69.2 Å². The first kappa shape index (κ1) is 15.3. The largest absolute Gasteiger partial charge is 0.380 e. The molecule has 2 rings (SSSR count). The van der Waals surface area contributed by atoms with E-state index in [9.17, 15) is 0 Å². The van der Waals surface area contributed by atoms with E-state index in [1.165, 1.54) is 11.1 Å². The van der Waals surface area contributed by atoms with Crippen molar-refractivity contribution in [1.29, 1.82) is 0 Å². The molecule has 0 radical (unpaired) electrons. The first-order chi connectivity index (χ1) is 9.70. The van der Waals surface area contributed by atoms with Gasteiger partial charge in [0.15, 0.2) is 0 Å². The lowest BCUT2D eigenvalue weighted by Gasteiger charge is -2.11. The van der Waals surface area contributed by atoms with Crippen LogP contribution in [0.1, 0.15) is 16.7 Å². The molecule has 0 amide bonds. The lowest BCUT2D eigenvalue weighted by Crippen LogP contribution is -2.14. The maximum absolute atomic E-state index is 6.14. The Morgan fingerprint density at radius 2 is 1.65 bits per heavy atom. The van der Waals surface area contributed by atoms with Gasteiger partial charge in [-0.2, -0.15) is 0 Å². The minimum Gasteiger partial charge on any atom is -0.380 e. The lowest BCUT2D eigenvalue weighted by atomic mass is 10.1. The molecular weight excluding hydrogens is 293 g/mol. The number of methoxy groups -OCH3 is 1. The molecule has 0 aliphatic heterocycles. The minimum atomic E-state index is 0.621. The summed E-state index contributed by atoms with van der Waals surface area (Å²) in [5, 5.41) is 4.81. The van der Waals surface area contributed by atoms with Crippen molar-refractivity contribution in [3.8, 4) is 0 Å². The summed E-state index contributed by atoms with van der Waals surface area (Å²) in [4.78, 5) is 0. The third-order valence-electron chi connectivity index (χ3n) is 3.06. The van der Waals surface area contributed by atoms with E-state index in [1.807, 2.05) is 24.3 Å². The minimum absolute atomic E-state index is 0.621. The Kier molecular flexibility index (Phi) is 5.86. The fourth-order valence-electron chi connectivity index (χ4n) is 2.04. The number of rotatable bonds is 6. The highest BCUT2D eigenvalue weighted by Crippen LogP contribution is 2.20. The van der Waals surface area contributed by atoms with Gasteiger partial charge in [0.05, 0.1) is 6.61 Å². The number of hydrogen-bond acceptors (Lipinski definition) is 2. The number of nitrogens with one attached hydrogen (secondary N) is 1. The summed E-state index contributed by atoms with van der Waals surface area (Å²) in [5.74, 6) is 0. The zero-order chi connectivity index (χ0) is 14.4. The zero-order valence-electron chi connectivity index (χ0n) is 11.3. The van der Waals surface area contributed by atoms with Crippen LogP contribution in [-0.4, -0.2) is 7.11 Å². The molecule has 0 aliphatic rings. The van der Waals surface area contributed by atoms with Gasteiger partial charge < -0.3 is 10.1 Å². The number of hydrogen-bond donors (Lipinski definition) is 1. The second-order valence-corrected chi connectivity index (χ2v) is 5.38. The van der Waals surface area contributed by atoms with Gasteiger partial charge >= 0.3 is 0 Å². The highest BCUT2D eigenvalue weighted by molar-refractivity contribution is 6.33. The van der Waals surface area contributed by atoms with Crippen molar-refractivity contribution < 1.29 is 4.74 Å². The summed E-state index contributed by atoms with van der Waals surface area (Å²) in [6.07, 6.45) is 0. The molecule has 0 aliphatic carbocycles. The van der Waals surface area contributed by atoms with E-state index in [1.54, 1.807) is 13.2 Å². The highest BCUT2D eigenvalue weighted by atomic mass is 35.5. The number of ether oxygens (including phenoxy) is 1. The summed E-state index contributed by atoms with van der Waals surface area (Å²) in [6, 6.07) is 13.7. The summed E-state index contributed by atoms with van der Waals surface area (Å²) in [7, 11) is 1.70. The summed E-state index contributed by atoms with van der Waals surface area (Å²) >= 11 is 12.1. The van der Waals surface area contributed by atoms with E-state index in [0.29, 0.717) is 18.2 Å². The van der Waals surface area contributed by atoms with Gasteiger partial charge in [-0.15, -0.1) is 0 Å². The third kappa shape index (κ3) is 4.22. The Morgan fingerprint density at radius 3 is 2.40 bits per heavy atom.